The van der Waals surface area contributed by atoms with Gasteiger partial charge in [0.2, 0.25) is 0 Å². The second-order valence-electron chi connectivity index (χ2n) is 13.3. The molecule has 0 radical (unpaired) electrons. The molecule has 3 heterocycles. The molecular formula is C41H51N7OS. The van der Waals surface area contributed by atoms with E-state index in [1.807, 2.05) is 55.5 Å². The molecule has 0 aliphatic carbocycles. The number of nitriles is 1. The Balaban J connectivity index is 1.65. The Labute approximate surface area is 302 Å². The third-order valence-electron chi connectivity index (χ3n) is 9.70. The average molecular weight is 690 g/mol. The van der Waals surface area contributed by atoms with Crippen LogP contribution in [0, 0.1) is 23.2 Å². The van der Waals surface area contributed by atoms with Gasteiger partial charge in [0.1, 0.15) is 28.0 Å². The summed E-state index contributed by atoms with van der Waals surface area (Å²) >= 11 is 1.59. The van der Waals surface area contributed by atoms with E-state index in [1.54, 1.807) is 11.3 Å². The lowest BCUT2D eigenvalue weighted by Crippen LogP contribution is -2.34. The molecule has 0 fully saturated rings. The van der Waals surface area contributed by atoms with Gasteiger partial charge < -0.3 is 4.90 Å². The second kappa shape index (κ2) is 18.0. The molecule has 0 amide bonds. The molecule has 2 atom stereocenters. The van der Waals surface area contributed by atoms with E-state index in [2.05, 4.69) is 55.9 Å². The molecule has 1 aliphatic heterocycles. The monoisotopic (exact) mass is 689 g/mol. The van der Waals surface area contributed by atoms with Gasteiger partial charge in [-0.3, -0.25) is 4.79 Å². The van der Waals surface area contributed by atoms with Gasteiger partial charge in [0, 0.05) is 30.6 Å². The Kier molecular flexibility index (Phi) is 13.3. The number of benzene rings is 2. The van der Waals surface area contributed by atoms with Crippen molar-refractivity contribution in [3.63, 3.8) is 0 Å². The van der Waals surface area contributed by atoms with Crippen LogP contribution in [-0.2, 0) is 6.42 Å². The van der Waals surface area contributed by atoms with Crippen LogP contribution in [-0.4, -0.2) is 44.5 Å². The van der Waals surface area contributed by atoms with Crippen molar-refractivity contribution < 1.29 is 4.79 Å². The van der Waals surface area contributed by atoms with Crippen molar-refractivity contribution in [2.45, 2.75) is 98.8 Å². The molecule has 0 saturated heterocycles. The predicted octanol–water partition coefficient (Wildman–Crippen LogP) is 10.2. The summed E-state index contributed by atoms with van der Waals surface area (Å²) in [5.41, 5.74) is 3.98. The SMILES string of the molecule is CCCCC(CC)CN(CC(CC)CCCC)c1nc(-c2ccccc2)c(/N=C2/C(CC)=C(C#N)C(=O)n3nc(Cc4ccccc4)nc32)s1. The molecule has 0 spiro atoms. The van der Waals surface area contributed by atoms with Gasteiger partial charge in [-0.2, -0.15) is 9.94 Å². The molecular weight excluding hydrogens is 639 g/mol. The van der Waals surface area contributed by atoms with Crippen molar-refractivity contribution in [2.75, 3.05) is 18.0 Å². The van der Waals surface area contributed by atoms with E-state index in [9.17, 15) is 10.1 Å². The first kappa shape index (κ1) is 36.9. The normalized spacial score (nSPS) is 14.9. The molecule has 1 aliphatic rings. The van der Waals surface area contributed by atoms with Crippen molar-refractivity contribution in [1.29, 1.82) is 5.26 Å². The zero-order chi connectivity index (χ0) is 35.5. The molecule has 9 heteroatoms. The molecule has 2 aromatic heterocycles. The maximum atomic E-state index is 13.6. The van der Waals surface area contributed by atoms with E-state index in [0.717, 1.165) is 52.9 Å². The Morgan fingerprint density at radius 3 is 2.06 bits per heavy atom. The topological polar surface area (TPSA) is 100 Å². The summed E-state index contributed by atoms with van der Waals surface area (Å²) in [5.74, 6) is 1.59. The van der Waals surface area contributed by atoms with Gasteiger partial charge in [0.15, 0.2) is 16.8 Å². The zero-order valence-corrected chi connectivity index (χ0v) is 31.2. The summed E-state index contributed by atoms with van der Waals surface area (Å²) in [6.07, 6.45) is 10.4. The van der Waals surface area contributed by atoms with Crippen LogP contribution in [0.25, 0.3) is 11.3 Å². The second-order valence-corrected chi connectivity index (χ2v) is 14.2. The lowest BCUT2D eigenvalue weighted by Gasteiger charge is -2.30. The third-order valence-corrected chi connectivity index (χ3v) is 10.7. The van der Waals surface area contributed by atoms with Gasteiger partial charge in [-0.15, -0.1) is 5.10 Å². The first-order chi connectivity index (χ1) is 24.4. The fourth-order valence-electron chi connectivity index (χ4n) is 6.65. The summed E-state index contributed by atoms with van der Waals surface area (Å²) in [6, 6.07) is 22.3. The quantitative estimate of drug-likeness (QED) is 0.103. The minimum absolute atomic E-state index is 0.0611. The Hall–Kier alpha value is -4.42. The van der Waals surface area contributed by atoms with Crippen LogP contribution in [0.1, 0.15) is 114 Å². The van der Waals surface area contributed by atoms with Crippen molar-refractivity contribution in [3.05, 3.63) is 89.0 Å². The lowest BCUT2D eigenvalue weighted by molar-refractivity contribution is 0.0941. The van der Waals surface area contributed by atoms with Gasteiger partial charge >= 0.3 is 0 Å². The van der Waals surface area contributed by atoms with Crippen LogP contribution in [0.15, 0.2) is 76.8 Å². The summed E-state index contributed by atoms with van der Waals surface area (Å²) in [6.45, 7) is 13.0. The summed E-state index contributed by atoms with van der Waals surface area (Å²) in [4.78, 5) is 31.6. The summed E-state index contributed by atoms with van der Waals surface area (Å²) in [5, 5.41) is 16.5. The molecule has 50 heavy (non-hydrogen) atoms. The number of aromatic nitrogens is 4. The van der Waals surface area contributed by atoms with Gasteiger partial charge in [-0.05, 0) is 36.7 Å². The molecule has 0 N–H and O–H groups in total. The standard InChI is InChI=1S/C41H51N7OS/c1-6-11-19-29(8-3)27-47(28-30(9-4)20-12-7-2)41-45-36(32-23-17-14-18-24-32)39(50-41)44-37-33(10-5)34(26-42)40(49)48-38(37)43-35(46-48)25-31-21-15-13-16-22-31/h13-18,21-24,29-30H,6-12,19-20,25,27-28H2,1-5H3/b44-37-. The smallest absolute Gasteiger partial charge is 0.291 e. The predicted molar refractivity (Wildman–Crippen MR) is 205 cm³/mol. The van der Waals surface area contributed by atoms with E-state index < -0.39 is 5.91 Å². The number of thiazole rings is 1. The highest BCUT2D eigenvalue weighted by Crippen LogP contribution is 2.42. The molecule has 4 aromatic rings. The van der Waals surface area contributed by atoms with Crippen LogP contribution < -0.4 is 4.90 Å². The van der Waals surface area contributed by atoms with E-state index >= 15 is 0 Å². The van der Waals surface area contributed by atoms with Crippen LogP contribution in [0.3, 0.4) is 0 Å². The number of nitrogens with zero attached hydrogens (tertiary/aromatic N) is 7. The number of rotatable bonds is 18. The molecule has 262 valence electrons. The fraction of sp³-hybridized carbons (Fsp3) is 0.463. The van der Waals surface area contributed by atoms with Crippen molar-refractivity contribution in [3.8, 4) is 17.3 Å². The molecule has 0 bridgehead atoms. The maximum Gasteiger partial charge on any atom is 0.291 e. The zero-order valence-electron chi connectivity index (χ0n) is 30.4. The molecule has 8 nitrogen and oxygen atoms in total. The van der Waals surface area contributed by atoms with Crippen LogP contribution in [0.5, 0.6) is 0 Å². The number of hydrogen-bond donors (Lipinski definition) is 0. The van der Waals surface area contributed by atoms with Crippen LogP contribution in [0.2, 0.25) is 0 Å². The van der Waals surface area contributed by atoms with Gasteiger partial charge in [-0.1, -0.05) is 145 Å². The number of hydrogen-bond acceptors (Lipinski definition) is 8. The number of unbranched alkanes of at least 4 members (excludes halogenated alkanes) is 2. The highest BCUT2D eigenvalue weighted by atomic mass is 32.1. The Morgan fingerprint density at radius 1 is 0.880 bits per heavy atom. The van der Waals surface area contributed by atoms with Gasteiger partial charge in [-0.25, -0.2) is 15.0 Å². The third kappa shape index (κ3) is 8.65. The first-order valence-corrected chi connectivity index (χ1v) is 19.3. The number of carbonyl (C=O) groups excluding carboxylic acids is 1. The number of fused-ring (bicyclic) bond motifs is 1. The number of aliphatic imine (C=N–C) groups is 1. The minimum atomic E-state index is -0.458. The minimum Gasteiger partial charge on any atom is -0.347 e. The van der Waals surface area contributed by atoms with Crippen LogP contribution in [0.4, 0.5) is 10.1 Å². The molecule has 2 aromatic carbocycles. The Morgan fingerprint density at radius 2 is 1.50 bits per heavy atom. The first-order valence-electron chi connectivity index (χ1n) is 18.5. The summed E-state index contributed by atoms with van der Waals surface area (Å²) in [7, 11) is 0. The van der Waals surface area contributed by atoms with Crippen molar-refractivity contribution >= 4 is 33.1 Å². The average Bonchev–Trinajstić information content (AvgIpc) is 3.77. The van der Waals surface area contributed by atoms with E-state index in [1.165, 1.54) is 43.2 Å². The number of allylic oxidation sites excluding steroid dienone is 2. The Bertz CT molecular complexity index is 1800. The van der Waals surface area contributed by atoms with Crippen molar-refractivity contribution in [2.24, 2.45) is 16.8 Å². The highest BCUT2D eigenvalue weighted by molar-refractivity contribution is 7.19. The maximum absolute atomic E-state index is 13.6. The fourth-order valence-corrected chi connectivity index (χ4v) is 7.64. The van der Waals surface area contributed by atoms with E-state index in [-0.39, 0.29) is 5.57 Å². The van der Waals surface area contributed by atoms with Crippen LogP contribution >= 0.6 is 11.3 Å². The molecule has 2 unspecified atom stereocenters. The largest absolute Gasteiger partial charge is 0.347 e. The van der Waals surface area contributed by atoms with Gasteiger partial charge in [0.05, 0.1) is 0 Å². The number of carbonyl (C=O) groups is 1. The van der Waals surface area contributed by atoms with E-state index in [0.29, 0.717) is 47.6 Å². The lowest BCUT2D eigenvalue weighted by atomic mass is 9.96. The molecule has 5 rings (SSSR count). The van der Waals surface area contributed by atoms with E-state index in [4.69, 9.17) is 15.0 Å². The summed E-state index contributed by atoms with van der Waals surface area (Å²) < 4.78 is 1.27. The van der Waals surface area contributed by atoms with Gasteiger partial charge in [0.25, 0.3) is 5.91 Å². The highest BCUT2D eigenvalue weighted by Gasteiger charge is 2.34. The molecule has 0 saturated carbocycles. The van der Waals surface area contributed by atoms with Crippen molar-refractivity contribution in [1.82, 2.24) is 19.7 Å². The number of anilines is 1.